The van der Waals surface area contributed by atoms with E-state index < -0.39 is 23.9 Å². The maximum atomic E-state index is 13.9. The van der Waals surface area contributed by atoms with E-state index in [1.54, 1.807) is 60.7 Å². The van der Waals surface area contributed by atoms with E-state index in [1.165, 1.54) is 0 Å². The molecule has 0 radical (unpaired) electrons. The van der Waals surface area contributed by atoms with Gasteiger partial charge in [0.2, 0.25) is 0 Å². The zero-order valence-electron chi connectivity index (χ0n) is 34.3. The fraction of sp³-hybridized carbons (Fsp3) is 0. The summed E-state index contributed by atoms with van der Waals surface area (Å²) in [6, 6.07) is 51.1. The Kier molecular flexibility index (Phi) is 12.6. The molecule has 0 amide bonds. The van der Waals surface area contributed by atoms with Crippen LogP contribution in [0.4, 0.5) is 0 Å². The Balaban J connectivity index is 1.05. The van der Waals surface area contributed by atoms with E-state index in [4.69, 9.17) is 18.9 Å². The first kappa shape index (κ1) is 41.8. The summed E-state index contributed by atoms with van der Waals surface area (Å²) in [5, 5.41) is 3.42. The van der Waals surface area contributed by atoms with Crippen LogP contribution in [-0.2, 0) is 9.59 Å². The van der Waals surface area contributed by atoms with Crippen molar-refractivity contribution in [2.75, 3.05) is 0 Å². The quantitative estimate of drug-likeness (QED) is 0.0489. The van der Waals surface area contributed by atoms with Crippen LogP contribution < -0.4 is 18.9 Å². The molecule has 310 valence electrons. The molecule has 0 aliphatic heterocycles. The van der Waals surface area contributed by atoms with E-state index in [1.807, 2.05) is 133 Å². The second kappa shape index (κ2) is 19.2. The van der Waals surface area contributed by atoms with Gasteiger partial charge in [-0.2, -0.15) is 0 Å². The minimum atomic E-state index is -0.560. The normalized spacial score (nSPS) is 11.1. The highest BCUT2D eigenvalue weighted by molar-refractivity contribution is 6.11. The largest absolute Gasteiger partial charge is 0.423 e. The molecule has 0 bridgehead atoms. The molecule has 8 rings (SSSR count). The molecule has 0 aliphatic carbocycles. The first-order chi connectivity index (χ1) is 31.2. The molecule has 0 aliphatic rings. The molecule has 0 spiro atoms. The van der Waals surface area contributed by atoms with Gasteiger partial charge in [-0.15, -0.1) is 0 Å². The highest BCUT2D eigenvalue weighted by Gasteiger charge is 2.23. The van der Waals surface area contributed by atoms with Crippen molar-refractivity contribution in [3.8, 4) is 34.1 Å². The number of ether oxygens (including phenoxy) is 4. The van der Waals surface area contributed by atoms with Gasteiger partial charge in [-0.1, -0.05) is 147 Å². The number of carbonyl (C=O) groups is 4. The molecule has 8 heteroatoms. The molecule has 8 aromatic carbocycles. The second-order valence-electron chi connectivity index (χ2n) is 14.4. The number of benzene rings is 8. The Hall–Kier alpha value is -8.88. The summed E-state index contributed by atoms with van der Waals surface area (Å²) in [5.41, 5.74) is 5.39. The average molecular weight is 839 g/mol. The van der Waals surface area contributed by atoms with Crippen molar-refractivity contribution in [3.63, 3.8) is 0 Å². The van der Waals surface area contributed by atoms with Crippen LogP contribution in [0.25, 0.3) is 57.0 Å². The van der Waals surface area contributed by atoms with E-state index in [-0.39, 0.29) is 0 Å². The Bertz CT molecular complexity index is 2910. The minimum Gasteiger partial charge on any atom is -0.423 e. The first-order valence-electron chi connectivity index (χ1n) is 20.2. The predicted octanol–water partition coefficient (Wildman–Crippen LogP) is 12.6. The summed E-state index contributed by atoms with van der Waals surface area (Å²) in [6.45, 7) is 6.82. The molecule has 64 heavy (non-hydrogen) atoms. The van der Waals surface area contributed by atoms with Gasteiger partial charge in [0, 0.05) is 23.3 Å². The molecule has 0 fully saturated rings. The van der Waals surface area contributed by atoms with Crippen LogP contribution >= 0.6 is 0 Å². The van der Waals surface area contributed by atoms with Crippen molar-refractivity contribution in [3.05, 3.63) is 229 Å². The van der Waals surface area contributed by atoms with Crippen LogP contribution in [0.3, 0.4) is 0 Å². The summed E-state index contributed by atoms with van der Waals surface area (Å²) >= 11 is 0. The predicted molar refractivity (Wildman–Crippen MR) is 252 cm³/mol. The van der Waals surface area contributed by atoms with Crippen molar-refractivity contribution < 1.29 is 38.1 Å². The number of hydrogen-bond acceptors (Lipinski definition) is 8. The van der Waals surface area contributed by atoms with Crippen molar-refractivity contribution in [2.24, 2.45) is 0 Å². The van der Waals surface area contributed by atoms with E-state index in [0.29, 0.717) is 45.3 Å². The van der Waals surface area contributed by atoms with Crippen LogP contribution in [0, 0.1) is 0 Å². The van der Waals surface area contributed by atoms with Crippen LogP contribution in [0.5, 0.6) is 23.0 Å². The van der Waals surface area contributed by atoms with Crippen molar-refractivity contribution in [2.45, 2.75) is 0 Å². The van der Waals surface area contributed by atoms with Crippen molar-refractivity contribution in [1.29, 1.82) is 0 Å². The number of fused-ring (bicyclic) bond motifs is 2. The molecular weight excluding hydrogens is 801 g/mol. The van der Waals surface area contributed by atoms with Crippen LogP contribution in [0.15, 0.2) is 195 Å². The third-order valence-corrected chi connectivity index (χ3v) is 10.2. The minimum absolute atomic E-state index is 0.298. The van der Waals surface area contributed by atoms with E-state index in [2.05, 4.69) is 13.2 Å². The Morgan fingerprint density at radius 3 is 1.03 bits per heavy atom. The van der Waals surface area contributed by atoms with Gasteiger partial charge in [-0.05, 0) is 104 Å². The van der Waals surface area contributed by atoms with E-state index >= 15 is 0 Å². The maximum absolute atomic E-state index is 13.9. The maximum Gasteiger partial charge on any atom is 0.343 e. The SMILES string of the molecule is C=CC(=O)Oc1ccc(/C=C/c2ccc(C(=O)Oc3ccc4ccccc4c3-c3c(OC(=O)c4ccc(/C=C/c5ccc(OC(=O)C=C)cc5)cc4)ccc4ccccc34)cc2)cc1. The van der Waals surface area contributed by atoms with E-state index in [0.717, 1.165) is 56.0 Å². The first-order valence-corrected chi connectivity index (χ1v) is 20.2. The second-order valence-corrected chi connectivity index (χ2v) is 14.4. The highest BCUT2D eigenvalue weighted by Crippen LogP contribution is 2.46. The smallest absolute Gasteiger partial charge is 0.343 e. The third kappa shape index (κ3) is 9.84. The summed E-state index contributed by atoms with van der Waals surface area (Å²) in [7, 11) is 0. The Labute approximate surface area is 369 Å². The molecule has 0 heterocycles. The summed E-state index contributed by atoms with van der Waals surface area (Å²) in [5.74, 6) is -0.741. The van der Waals surface area contributed by atoms with Crippen molar-refractivity contribution >= 4 is 69.7 Å². The van der Waals surface area contributed by atoms with Gasteiger partial charge >= 0.3 is 23.9 Å². The molecule has 0 N–H and O–H groups in total. The number of rotatable bonds is 13. The molecule has 8 aromatic rings. The lowest BCUT2D eigenvalue weighted by Gasteiger charge is -2.19. The molecule has 0 aromatic heterocycles. The van der Waals surface area contributed by atoms with Gasteiger partial charge in [-0.3, -0.25) is 0 Å². The molecule has 0 unspecified atom stereocenters. The van der Waals surface area contributed by atoms with Crippen LogP contribution in [0.1, 0.15) is 43.0 Å². The lowest BCUT2D eigenvalue weighted by atomic mass is 9.92. The zero-order valence-corrected chi connectivity index (χ0v) is 34.3. The number of hydrogen-bond donors (Lipinski definition) is 0. The summed E-state index contributed by atoms with van der Waals surface area (Å²) in [4.78, 5) is 50.8. The molecule has 0 saturated heterocycles. The van der Waals surface area contributed by atoms with Crippen LogP contribution in [-0.4, -0.2) is 23.9 Å². The average Bonchev–Trinajstić information content (AvgIpc) is 3.33. The van der Waals surface area contributed by atoms with Gasteiger partial charge in [0.1, 0.15) is 23.0 Å². The van der Waals surface area contributed by atoms with Gasteiger partial charge in [0.15, 0.2) is 0 Å². The summed E-state index contributed by atoms with van der Waals surface area (Å²) < 4.78 is 22.7. The lowest BCUT2D eigenvalue weighted by Crippen LogP contribution is -2.11. The van der Waals surface area contributed by atoms with Gasteiger partial charge in [0.25, 0.3) is 0 Å². The topological polar surface area (TPSA) is 105 Å². The molecule has 8 nitrogen and oxygen atoms in total. The third-order valence-electron chi connectivity index (χ3n) is 10.2. The fourth-order valence-electron chi connectivity index (χ4n) is 6.96. The Morgan fingerprint density at radius 1 is 0.359 bits per heavy atom. The van der Waals surface area contributed by atoms with Gasteiger partial charge in [-0.25, -0.2) is 19.2 Å². The molecule has 0 saturated carbocycles. The zero-order chi connectivity index (χ0) is 44.4. The van der Waals surface area contributed by atoms with Crippen molar-refractivity contribution in [1.82, 2.24) is 0 Å². The van der Waals surface area contributed by atoms with E-state index in [9.17, 15) is 19.2 Å². The highest BCUT2D eigenvalue weighted by atomic mass is 16.5. The molecule has 0 atom stereocenters. The lowest BCUT2D eigenvalue weighted by molar-refractivity contribution is -0.129. The number of esters is 4. The molecular formula is C56H38O8. The van der Waals surface area contributed by atoms with Crippen LogP contribution in [0.2, 0.25) is 0 Å². The fourth-order valence-corrected chi connectivity index (χ4v) is 6.96. The summed E-state index contributed by atoms with van der Waals surface area (Å²) in [6.07, 6.45) is 9.85. The standard InChI is InChI=1S/C56H38O8/c1-3-51(57)61-45-31-21-39(22-32-45)15-13-37-17-25-43(26-18-37)55(59)63-49-35-29-41-9-5-7-11-47(41)53(49)54-48-12-8-6-10-42(48)30-36-50(54)64-56(60)44-27-19-38(20-28-44)14-16-40-23-33-46(34-24-40)62-52(58)4-2/h3-36H,1-2H2/b15-13+,16-14+. The van der Waals surface area contributed by atoms with Gasteiger partial charge < -0.3 is 18.9 Å². The van der Waals surface area contributed by atoms with Gasteiger partial charge in [0.05, 0.1) is 11.1 Å². The Morgan fingerprint density at radius 2 is 0.688 bits per heavy atom. The monoisotopic (exact) mass is 838 g/mol. The number of carbonyl (C=O) groups excluding carboxylic acids is 4.